The van der Waals surface area contributed by atoms with Crippen LogP contribution in [0.25, 0.3) is 11.1 Å². The number of halogens is 1. The van der Waals surface area contributed by atoms with Gasteiger partial charge in [-0.2, -0.15) is 14.0 Å². The molecule has 358 valence electrons. The van der Waals surface area contributed by atoms with Crippen molar-refractivity contribution >= 4 is 74.2 Å². The third kappa shape index (κ3) is 15.5. The fourth-order valence-corrected chi connectivity index (χ4v) is 7.20. The monoisotopic (exact) mass is 970 g/mol. The highest BCUT2D eigenvalue weighted by molar-refractivity contribution is 7.80. The maximum atomic E-state index is 13.9. The third-order valence-corrected chi connectivity index (χ3v) is 10.0. The zero-order valence-electron chi connectivity index (χ0n) is 38.1. The standard InChI is InChI=1S/C40H55ClN8O14S2/c1-37(2,3)59-33(52)26(22-58-25-16-14-23(15-17-25)24-20-47(12)48(21-24)19-13-18-42-35(53)60-38(4,5)6)62-46-28(27-30(41)64-34(43-27)45-36(54)61-39(7,8)9)31(50)44-29-32(51)49(40(29,10)11)63-65(55,56)57/h14-17,20-21,26,29H,13,18-19,22H2,1-12H3,(H3-,42,43,44,45,50,53,54,55,56,57)/b46-28-. The Kier molecular flexibility index (Phi) is 16.3. The van der Waals surface area contributed by atoms with Crippen LogP contribution >= 0.6 is 22.9 Å². The predicted molar refractivity (Wildman–Crippen MR) is 233 cm³/mol. The van der Waals surface area contributed by atoms with E-state index in [-0.39, 0.29) is 15.2 Å². The van der Waals surface area contributed by atoms with E-state index in [1.54, 1.807) is 86.6 Å². The van der Waals surface area contributed by atoms with Crippen LogP contribution in [0.4, 0.5) is 14.7 Å². The summed E-state index contributed by atoms with van der Waals surface area (Å²) < 4.78 is 63.8. The van der Waals surface area contributed by atoms with E-state index in [9.17, 15) is 36.9 Å². The van der Waals surface area contributed by atoms with E-state index in [1.807, 2.05) is 28.8 Å². The zero-order chi connectivity index (χ0) is 48.9. The number of esters is 1. The summed E-state index contributed by atoms with van der Waals surface area (Å²) in [7, 11) is -3.47. The second-order valence-electron chi connectivity index (χ2n) is 18.1. The van der Waals surface area contributed by atoms with Gasteiger partial charge in [0.25, 0.3) is 17.9 Å². The molecule has 1 fully saturated rings. The number of alkyl carbamates (subject to hydrolysis) is 1. The summed E-state index contributed by atoms with van der Waals surface area (Å²) in [4.78, 5) is 74.7. The lowest BCUT2D eigenvalue weighted by Gasteiger charge is -2.51. The van der Waals surface area contributed by atoms with Crippen molar-refractivity contribution in [3.8, 4) is 16.9 Å². The molecule has 25 heteroatoms. The largest absolute Gasteiger partial charge is 0.724 e. The van der Waals surface area contributed by atoms with E-state index in [0.717, 1.165) is 11.1 Å². The Balaban J connectivity index is 1.56. The first kappa shape index (κ1) is 52.1. The van der Waals surface area contributed by atoms with Crippen LogP contribution in [0.2, 0.25) is 4.34 Å². The molecule has 0 aliphatic carbocycles. The second-order valence-corrected chi connectivity index (χ2v) is 20.6. The van der Waals surface area contributed by atoms with E-state index in [0.29, 0.717) is 41.7 Å². The van der Waals surface area contributed by atoms with Crippen LogP contribution in [0, 0.1) is 0 Å². The van der Waals surface area contributed by atoms with Gasteiger partial charge in [0.05, 0.1) is 23.8 Å². The minimum absolute atomic E-state index is 0.131. The summed E-state index contributed by atoms with van der Waals surface area (Å²) >= 11 is 7.23. The minimum Gasteiger partial charge on any atom is -0.724 e. The fraction of sp³-hybridized carbons (Fsp3) is 0.550. The summed E-state index contributed by atoms with van der Waals surface area (Å²) in [6.07, 6.45) is 1.54. The van der Waals surface area contributed by atoms with Gasteiger partial charge in [0.2, 0.25) is 16.6 Å². The maximum Gasteiger partial charge on any atom is 0.413 e. The molecule has 0 bridgehead atoms. The van der Waals surface area contributed by atoms with Gasteiger partial charge in [-0.1, -0.05) is 40.2 Å². The summed E-state index contributed by atoms with van der Waals surface area (Å²) in [5.74, 6) is -2.87. The average molecular weight is 972 g/mol. The first-order valence-electron chi connectivity index (χ1n) is 20.0. The average Bonchev–Trinajstić information content (AvgIpc) is 3.70. The number of oxime groups is 1. The Bertz CT molecular complexity index is 2380. The normalized spacial score (nSPS) is 15.9. The zero-order valence-corrected chi connectivity index (χ0v) is 40.5. The number of rotatable bonds is 17. The van der Waals surface area contributed by atoms with E-state index in [2.05, 4.69) is 30.4 Å². The number of aryl methyl sites for hydroxylation is 2. The van der Waals surface area contributed by atoms with Gasteiger partial charge in [-0.15, -0.1) is 4.68 Å². The number of carbonyl (C=O) groups is 5. The van der Waals surface area contributed by atoms with Gasteiger partial charge in [0.15, 0.2) is 17.9 Å². The Morgan fingerprint density at radius 1 is 0.969 bits per heavy atom. The summed E-state index contributed by atoms with van der Waals surface area (Å²) in [5.41, 5.74) is -3.37. The van der Waals surface area contributed by atoms with Crippen LogP contribution in [0.1, 0.15) is 88.3 Å². The van der Waals surface area contributed by atoms with Crippen molar-refractivity contribution in [2.24, 2.45) is 12.2 Å². The van der Waals surface area contributed by atoms with Gasteiger partial charge in [-0.3, -0.25) is 14.9 Å². The van der Waals surface area contributed by atoms with Gasteiger partial charge in [0, 0.05) is 6.54 Å². The summed E-state index contributed by atoms with van der Waals surface area (Å²) in [5, 5.41) is 11.7. The molecule has 3 aromatic rings. The third-order valence-electron chi connectivity index (χ3n) is 8.53. The van der Waals surface area contributed by atoms with Gasteiger partial charge < -0.3 is 39.0 Å². The van der Waals surface area contributed by atoms with E-state index < -0.39 is 87.2 Å². The number of amides is 4. The SMILES string of the molecule is C[n+]1cc(-c2ccc(OCC(O/N=C(\C(=O)NC3C(=O)N(OS(=O)(=O)[O-])C3(C)C)c3nc(NC(=O)OC(C)(C)C)sc3Cl)C(=O)OC(C)(C)C)cc2)cn1CCCNC(=O)OC(C)(C)C. The number of thiazole rings is 1. The van der Waals surface area contributed by atoms with Gasteiger partial charge in [-0.25, -0.2) is 27.8 Å². The number of β-lactam (4-membered cyclic amide) rings is 1. The molecule has 0 spiro atoms. The predicted octanol–water partition coefficient (Wildman–Crippen LogP) is 4.36. The number of anilines is 1. The molecular formula is C40H55ClN8O14S2. The molecular weight excluding hydrogens is 916 g/mol. The molecule has 3 N–H and O–H groups in total. The lowest BCUT2D eigenvalue weighted by molar-refractivity contribution is -0.753. The molecule has 1 aliphatic rings. The molecule has 1 aliphatic heterocycles. The Morgan fingerprint density at radius 2 is 1.57 bits per heavy atom. The second kappa shape index (κ2) is 20.3. The summed E-state index contributed by atoms with van der Waals surface area (Å²) in [6, 6.07) is 5.47. The molecule has 3 heterocycles. The van der Waals surface area contributed by atoms with Crippen LogP contribution in [-0.4, -0.2) is 111 Å². The number of aromatic nitrogens is 3. The van der Waals surface area contributed by atoms with Gasteiger partial charge >= 0.3 is 18.2 Å². The number of ether oxygens (including phenoxy) is 4. The van der Waals surface area contributed by atoms with Crippen LogP contribution < -0.4 is 25.4 Å². The highest BCUT2D eigenvalue weighted by Crippen LogP contribution is 2.34. The van der Waals surface area contributed by atoms with Crippen LogP contribution in [0.5, 0.6) is 5.75 Å². The van der Waals surface area contributed by atoms with Gasteiger partial charge in [-0.05, 0) is 100 Å². The maximum absolute atomic E-state index is 13.9. The van der Waals surface area contributed by atoms with E-state index in [1.165, 1.54) is 13.8 Å². The lowest BCUT2D eigenvalue weighted by atomic mass is 9.84. The number of hydrogen-bond donors (Lipinski definition) is 3. The first-order valence-corrected chi connectivity index (χ1v) is 22.5. The van der Waals surface area contributed by atoms with Crippen molar-refractivity contribution in [2.75, 3.05) is 18.5 Å². The van der Waals surface area contributed by atoms with Crippen molar-refractivity contribution in [3.63, 3.8) is 0 Å². The molecule has 4 rings (SSSR count). The molecule has 1 saturated heterocycles. The molecule has 65 heavy (non-hydrogen) atoms. The number of nitrogens with zero attached hydrogens (tertiary/aromatic N) is 5. The Hall–Kier alpha value is -5.56. The van der Waals surface area contributed by atoms with Crippen molar-refractivity contribution in [1.29, 1.82) is 0 Å². The van der Waals surface area contributed by atoms with Crippen LogP contribution in [0.3, 0.4) is 0 Å². The molecule has 4 amide bonds. The van der Waals surface area contributed by atoms with E-state index in [4.69, 9.17) is 35.4 Å². The Morgan fingerprint density at radius 3 is 2.14 bits per heavy atom. The molecule has 1 aromatic carbocycles. The number of hydroxylamine groups is 2. The van der Waals surface area contributed by atoms with Crippen molar-refractivity contribution in [1.82, 2.24) is 25.4 Å². The smallest absolute Gasteiger partial charge is 0.413 e. The number of carbonyl (C=O) groups excluding carboxylic acids is 5. The van der Waals surface area contributed by atoms with Crippen molar-refractivity contribution in [3.05, 3.63) is 46.7 Å². The number of nitrogens with one attached hydrogen (secondary N) is 3. The number of hydrogen-bond acceptors (Lipinski definition) is 17. The topological polar surface area (TPSA) is 271 Å². The quantitative estimate of drug-likeness (QED) is 0.0195. The number of benzene rings is 1. The first-order chi connectivity index (χ1) is 29.8. The van der Waals surface area contributed by atoms with Crippen LogP contribution in [-0.2, 0) is 61.7 Å². The van der Waals surface area contributed by atoms with E-state index >= 15 is 0 Å². The molecule has 22 nitrogen and oxygen atoms in total. The van der Waals surface area contributed by atoms with Gasteiger partial charge in [0.1, 0.15) is 45.2 Å². The van der Waals surface area contributed by atoms with Crippen molar-refractivity contribution < 1.29 is 69.7 Å². The fourth-order valence-electron chi connectivity index (χ4n) is 5.72. The minimum atomic E-state index is -5.36. The highest BCUT2D eigenvalue weighted by Gasteiger charge is 2.57. The Labute approximate surface area is 385 Å². The highest BCUT2D eigenvalue weighted by atomic mass is 35.5. The lowest BCUT2D eigenvalue weighted by Crippen LogP contribution is -2.76. The molecule has 0 radical (unpaired) electrons. The van der Waals surface area contributed by atoms with Crippen LogP contribution in [0.15, 0.2) is 41.8 Å². The van der Waals surface area contributed by atoms with Crippen molar-refractivity contribution in [2.45, 2.75) is 124 Å². The molecule has 2 aromatic heterocycles. The molecule has 2 atom stereocenters. The molecule has 2 unspecified atom stereocenters. The molecule has 0 saturated carbocycles. The summed E-state index contributed by atoms with van der Waals surface area (Å²) in [6.45, 7) is 18.3.